The minimum absolute atomic E-state index is 0.195. The number of rotatable bonds is 70. The lowest BCUT2D eigenvalue weighted by Crippen LogP contribution is -2.41. The summed E-state index contributed by atoms with van der Waals surface area (Å²) < 4.78 is 33.9. The van der Waals surface area contributed by atoms with Crippen LogP contribution in [0.3, 0.4) is 0 Å². The van der Waals surface area contributed by atoms with Crippen molar-refractivity contribution in [3.8, 4) is 0 Å². The zero-order valence-electron chi connectivity index (χ0n) is 55.6. The molecular formula is C75H148NO4S+. The Bertz CT molecular complexity index is 1260. The molecule has 0 aromatic rings. The van der Waals surface area contributed by atoms with E-state index in [1.54, 1.807) is 0 Å². The lowest BCUT2D eigenvalue weighted by Gasteiger charge is -2.29. The van der Waals surface area contributed by atoms with Gasteiger partial charge in [0.2, 0.25) is 0 Å². The van der Waals surface area contributed by atoms with Crippen molar-refractivity contribution in [2.24, 2.45) is 0 Å². The van der Waals surface area contributed by atoms with E-state index in [9.17, 15) is 18.1 Å². The second kappa shape index (κ2) is 66.6. The number of allylic oxidation sites excluding steroid dienone is 3. The first-order valence-electron chi connectivity index (χ1n) is 37.3. The average molecular weight is 1160 g/mol. The number of aliphatic hydroxyl groups excluding tert-OH is 1. The SMILES string of the molecule is CCCCCCCCCCCCCCCCCCCCCC/C=C/[N+](/C=C/CCCCCCCCCCCCCCCCCCCCCC)(/C=C/CCCCCCCCCCCCCCCCCCCCCC)CC(O)CS(=O)(=O)O. The number of quaternary nitrogens is 1. The Kier molecular flexibility index (Phi) is 65.8. The Morgan fingerprint density at radius 3 is 0.568 bits per heavy atom. The highest BCUT2D eigenvalue weighted by molar-refractivity contribution is 7.85. The van der Waals surface area contributed by atoms with E-state index < -0.39 is 22.0 Å². The summed E-state index contributed by atoms with van der Waals surface area (Å²) in [7, 11) is -4.30. The molecule has 1 unspecified atom stereocenters. The number of hydrogen-bond donors (Lipinski definition) is 2. The van der Waals surface area contributed by atoms with Crippen LogP contribution in [0, 0.1) is 0 Å². The first kappa shape index (κ1) is 80.0. The van der Waals surface area contributed by atoms with Crippen molar-refractivity contribution < 1.29 is 22.6 Å². The van der Waals surface area contributed by atoms with Gasteiger partial charge in [-0.25, -0.2) is 4.48 Å². The summed E-state index contributed by atoms with van der Waals surface area (Å²) in [5, 5.41) is 11.1. The summed E-state index contributed by atoms with van der Waals surface area (Å²) in [5.74, 6) is -0.638. The van der Waals surface area contributed by atoms with Crippen LogP contribution in [0.5, 0.6) is 0 Å². The van der Waals surface area contributed by atoms with E-state index in [1.807, 2.05) is 0 Å². The number of unbranched alkanes of at least 4 members (excludes halogenated alkanes) is 60. The molecule has 0 aromatic heterocycles. The summed E-state index contributed by atoms with van der Waals surface area (Å²) in [6.45, 7) is 7.09. The highest BCUT2D eigenvalue weighted by Gasteiger charge is 2.27. The van der Waals surface area contributed by atoms with E-state index >= 15 is 0 Å². The van der Waals surface area contributed by atoms with Gasteiger partial charge < -0.3 is 5.11 Å². The van der Waals surface area contributed by atoms with Crippen LogP contribution in [0.4, 0.5) is 0 Å². The Balaban J connectivity index is 4.85. The van der Waals surface area contributed by atoms with Gasteiger partial charge in [-0.15, -0.1) is 0 Å². The van der Waals surface area contributed by atoms with Crippen molar-refractivity contribution in [1.29, 1.82) is 0 Å². The molecule has 0 spiro atoms. The summed E-state index contributed by atoms with van der Waals surface area (Å²) in [6, 6.07) is 0. The molecule has 2 N–H and O–H groups in total. The molecule has 0 rings (SSSR count). The first-order valence-corrected chi connectivity index (χ1v) is 38.9. The molecule has 0 aliphatic rings. The van der Waals surface area contributed by atoms with Gasteiger partial charge in [-0.1, -0.05) is 387 Å². The number of hydrogen-bond acceptors (Lipinski definition) is 3. The highest BCUT2D eigenvalue weighted by atomic mass is 32.2. The van der Waals surface area contributed by atoms with E-state index in [4.69, 9.17) is 0 Å². The minimum Gasteiger partial charge on any atom is -0.386 e. The predicted molar refractivity (Wildman–Crippen MR) is 363 cm³/mol. The normalized spacial score (nSPS) is 12.9. The van der Waals surface area contributed by atoms with Gasteiger partial charge in [0.05, 0.1) is 0 Å². The molecule has 0 bridgehead atoms. The lowest BCUT2D eigenvalue weighted by molar-refractivity contribution is -0.777. The molecular weight excluding hydrogens is 1010 g/mol. The molecule has 6 heteroatoms. The molecule has 0 aliphatic heterocycles. The Hall–Kier alpha value is -0.950. The number of aliphatic hydroxyl groups is 1. The van der Waals surface area contributed by atoms with E-state index in [1.165, 1.54) is 366 Å². The molecule has 0 saturated carbocycles. The Morgan fingerprint density at radius 1 is 0.272 bits per heavy atom. The maximum absolute atomic E-state index is 11.9. The fourth-order valence-electron chi connectivity index (χ4n) is 12.4. The van der Waals surface area contributed by atoms with E-state index in [0.717, 1.165) is 38.5 Å². The maximum atomic E-state index is 11.9. The summed E-state index contributed by atoms with van der Waals surface area (Å²) >= 11 is 0. The van der Waals surface area contributed by atoms with E-state index in [0.29, 0.717) is 0 Å². The Morgan fingerprint density at radius 2 is 0.420 bits per heavy atom. The van der Waals surface area contributed by atoms with Crippen molar-refractivity contribution in [3.63, 3.8) is 0 Å². The third-order valence-corrected chi connectivity index (χ3v) is 18.6. The van der Waals surface area contributed by atoms with Gasteiger partial charge in [0, 0.05) is 0 Å². The summed E-state index contributed by atoms with van der Waals surface area (Å²) in [4.78, 5) is 0. The fraction of sp³-hybridized carbons (Fsp3) is 0.920. The van der Waals surface area contributed by atoms with Crippen LogP contribution < -0.4 is 0 Å². The average Bonchev–Trinajstić information content (AvgIpc) is 3.46. The van der Waals surface area contributed by atoms with Crippen LogP contribution in [0.1, 0.15) is 425 Å². The largest absolute Gasteiger partial charge is 0.386 e. The van der Waals surface area contributed by atoms with Crippen LogP contribution in [-0.4, -0.2) is 41.0 Å². The molecule has 0 aliphatic carbocycles. The smallest absolute Gasteiger partial charge is 0.267 e. The van der Waals surface area contributed by atoms with Crippen molar-refractivity contribution in [1.82, 2.24) is 0 Å². The van der Waals surface area contributed by atoms with Gasteiger partial charge in [0.25, 0.3) is 10.1 Å². The van der Waals surface area contributed by atoms with Crippen LogP contribution >= 0.6 is 0 Å². The second-order valence-electron chi connectivity index (χ2n) is 26.3. The predicted octanol–water partition coefficient (Wildman–Crippen LogP) is 26.2. The van der Waals surface area contributed by atoms with Crippen LogP contribution in [-0.2, 0) is 10.1 Å². The zero-order valence-corrected chi connectivity index (χ0v) is 56.4. The van der Waals surface area contributed by atoms with Crippen LogP contribution in [0.2, 0.25) is 0 Å². The highest BCUT2D eigenvalue weighted by Crippen LogP contribution is 2.22. The molecule has 5 nitrogen and oxygen atoms in total. The fourth-order valence-corrected chi connectivity index (χ4v) is 12.9. The molecule has 0 fully saturated rings. The van der Waals surface area contributed by atoms with Crippen molar-refractivity contribution in [3.05, 3.63) is 36.8 Å². The Labute approximate surface area is 510 Å². The third-order valence-electron chi connectivity index (χ3n) is 17.8. The molecule has 1 atom stereocenters. The van der Waals surface area contributed by atoms with Gasteiger partial charge in [-0.3, -0.25) is 4.55 Å². The van der Waals surface area contributed by atoms with E-state index in [2.05, 4.69) is 57.6 Å². The van der Waals surface area contributed by atoms with Gasteiger partial charge in [-0.2, -0.15) is 8.42 Å². The second-order valence-corrected chi connectivity index (χ2v) is 27.7. The van der Waals surface area contributed by atoms with Gasteiger partial charge in [0.1, 0.15) is 37.0 Å². The van der Waals surface area contributed by atoms with Crippen molar-refractivity contribution in [2.45, 2.75) is 431 Å². The third kappa shape index (κ3) is 66.4. The first-order chi connectivity index (χ1) is 39.8. The molecule has 482 valence electrons. The summed E-state index contributed by atoms with van der Waals surface area (Å²) in [6.07, 6.45) is 98.1. The quantitative estimate of drug-likeness (QED) is 0.0362. The zero-order chi connectivity index (χ0) is 58.8. The molecule has 0 aromatic carbocycles. The monoisotopic (exact) mass is 1160 g/mol. The van der Waals surface area contributed by atoms with Crippen LogP contribution in [0.25, 0.3) is 0 Å². The van der Waals surface area contributed by atoms with Gasteiger partial charge in [-0.05, 0) is 56.8 Å². The van der Waals surface area contributed by atoms with Gasteiger partial charge in [0.15, 0.2) is 0 Å². The standard InChI is InChI=1S/C75H147NO4S/c1-4-7-10-13-16-19-22-25-28-31-34-37-40-43-46-49-52-55-58-61-64-67-70-76(73-75(77)74-81(78,79)80,71-68-65-62-59-56-53-50-47-44-41-38-35-32-29-26-23-20-17-14-11-8-5-2)72-69-66-63-60-57-54-51-48-45-42-39-36-33-30-27-24-21-18-15-12-9-6-3/h67-72,75,77H,4-66,73-74H2,1-3H3/p+1/b70-67+,71-68+,72-69+. The lowest BCUT2D eigenvalue weighted by atomic mass is 10.0. The topological polar surface area (TPSA) is 74.6 Å². The molecule has 0 radical (unpaired) electrons. The van der Waals surface area contributed by atoms with Crippen LogP contribution in [0.15, 0.2) is 36.8 Å². The van der Waals surface area contributed by atoms with E-state index in [-0.39, 0.29) is 11.0 Å². The number of nitrogens with zero attached hydrogens (tertiary/aromatic N) is 1. The van der Waals surface area contributed by atoms with Crippen molar-refractivity contribution in [2.75, 3.05) is 12.3 Å². The van der Waals surface area contributed by atoms with Gasteiger partial charge >= 0.3 is 0 Å². The maximum Gasteiger partial charge on any atom is 0.267 e. The molecule has 0 saturated heterocycles. The minimum atomic E-state index is -4.30. The van der Waals surface area contributed by atoms with Crippen molar-refractivity contribution >= 4 is 10.1 Å². The summed E-state index contributed by atoms with van der Waals surface area (Å²) in [5.41, 5.74) is 0. The molecule has 0 amide bonds. The molecule has 0 heterocycles. The molecule has 81 heavy (non-hydrogen) atoms.